The normalized spacial score (nSPS) is 18.9. The van der Waals surface area contributed by atoms with Crippen LogP contribution in [0, 0.1) is 19.8 Å². The number of methoxy groups -OCH3 is 1. The van der Waals surface area contributed by atoms with Gasteiger partial charge in [0.05, 0.1) is 6.61 Å². The highest BCUT2D eigenvalue weighted by Crippen LogP contribution is 2.19. The monoisotopic (exact) mass is 264 g/mol. The molecule has 1 fully saturated rings. The summed E-state index contributed by atoms with van der Waals surface area (Å²) < 4.78 is 5.12. The van der Waals surface area contributed by atoms with Crippen LogP contribution in [0.2, 0.25) is 0 Å². The number of rotatable bonds is 3. The summed E-state index contributed by atoms with van der Waals surface area (Å²) in [6.07, 6.45) is 0.933. The number of ether oxygens (including phenoxy) is 1. The van der Waals surface area contributed by atoms with Crippen molar-refractivity contribution in [2.75, 3.05) is 26.8 Å². The van der Waals surface area contributed by atoms with Gasteiger partial charge in [0, 0.05) is 31.8 Å². The Balaban J connectivity index is 2.20. The molecular weight excluding hydrogens is 244 g/mol. The maximum Gasteiger partial charge on any atom is 0.261 e. The molecule has 0 spiro atoms. The molecule has 0 bridgehead atoms. The summed E-state index contributed by atoms with van der Waals surface area (Å²) in [4.78, 5) is 28.8. The molecule has 1 atom stereocenters. The van der Waals surface area contributed by atoms with E-state index in [-0.39, 0.29) is 17.0 Å². The number of hydrogen-bond donors (Lipinski definition) is 1. The second-order valence-electron chi connectivity index (χ2n) is 5.20. The molecule has 1 saturated heterocycles. The summed E-state index contributed by atoms with van der Waals surface area (Å²) >= 11 is 0. The van der Waals surface area contributed by atoms with Gasteiger partial charge in [-0.05, 0) is 31.9 Å². The third-order valence-electron chi connectivity index (χ3n) is 3.55. The fraction of sp³-hybridized carbons (Fsp3) is 0.571. The first-order valence-electron chi connectivity index (χ1n) is 6.51. The van der Waals surface area contributed by atoms with E-state index in [1.54, 1.807) is 18.9 Å². The lowest BCUT2D eigenvalue weighted by atomic mass is 10.1. The zero-order chi connectivity index (χ0) is 14.0. The van der Waals surface area contributed by atoms with Crippen molar-refractivity contribution in [2.45, 2.75) is 20.3 Å². The van der Waals surface area contributed by atoms with Crippen LogP contribution in [-0.4, -0.2) is 42.6 Å². The lowest BCUT2D eigenvalue weighted by Gasteiger charge is -2.17. The number of amides is 1. The van der Waals surface area contributed by atoms with Gasteiger partial charge in [-0.2, -0.15) is 0 Å². The van der Waals surface area contributed by atoms with Gasteiger partial charge in [0.15, 0.2) is 0 Å². The van der Waals surface area contributed by atoms with Crippen LogP contribution in [0.25, 0.3) is 0 Å². The van der Waals surface area contributed by atoms with Gasteiger partial charge < -0.3 is 14.6 Å². The average Bonchev–Trinajstić information content (AvgIpc) is 2.76. The quantitative estimate of drug-likeness (QED) is 0.889. The summed E-state index contributed by atoms with van der Waals surface area (Å²) in [6, 6.07) is 1.83. The first kappa shape index (κ1) is 13.8. The highest BCUT2D eigenvalue weighted by Gasteiger charge is 2.29. The summed E-state index contributed by atoms with van der Waals surface area (Å²) in [6.45, 7) is 5.64. The van der Waals surface area contributed by atoms with E-state index in [1.807, 2.05) is 13.0 Å². The van der Waals surface area contributed by atoms with E-state index < -0.39 is 0 Å². The number of hydrogen-bond acceptors (Lipinski definition) is 3. The molecular formula is C14H20N2O3. The third-order valence-corrected chi connectivity index (χ3v) is 3.55. The Hall–Kier alpha value is -1.62. The van der Waals surface area contributed by atoms with Crippen molar-refractivity contribution < 1.29 is 9.53 Å². The first-order valence-corrected chi connectivity index (χ1v) is 6.51. The summed E-state index contributed by atoms with van der Waals surface area (Å²) in [7, 11) is 1.67. The summed E-state index contributed by atoms with van der Waals surface area (Å²) in [5, 5.41) is 0. The fourth-order valence-corrected chi connectivity index (χ4v) is 2.67. The van der Waals surface area contributed by atoms with Gasteiger partial charge in [0.1, 0.15) is 5.56 Å². The summed E-state index contributed by atoms with van der Waals surface area (Å²) in [5.74, 6) is 0.205. The van der Waals surface area contributed by atoms with E-state index in [0.717, 1.165) is 17.7 Å². The molecule has 0 radical (unpaired) electrons. The number of aromatic nitrogens is 1. The van der Waals surface area contributed by atoms with Crippen LogP contribution in [0.1, 0.15) is 28.0 Å². The molecule has 2 rings (SSSR count). The number of aromatic amines is 1. The lowest BCUT2D eigenvalue weighted by molar-refractivity contribution is 0.0773. The smallest absolute Gasteiger partial charge is 0.261 e. The Morgan fingerprint density at radius 3 is 2.89 bits per heavy atom. The molecule has 1 aromatic heterocycles. The number of nitrogens with one attached hydrogen (secondary N) is 1. The second kappa shape index (κ2) is 5.57. The molecule has 5 heteroatoms. The molecule has 0 aliphatic carbocycles. The standard InChI is InChI=1S/C14H20N2O3/c1-9-6-10(2)15-13(17)12(9)14(18)16-5-4-11(7-16)8-19-3/h6,11H,4-5,7-8H2,1-3H3,(H,15,17). The van der Waals surface area contributed by atoms with E-state index >= 15 is 0 Å². The first-order chi connectivity index (χ1) is 9.02. The zero-order valence-corrected chi connectivity index (χ0v) is 11.7. The minimum atomic E-state index is -0.294. The SMILES string of the molecule is COCC1CCN(C(=O)c2c(C)cc(C)[nH]c2=O)C1. The van der Waals surface area contributed by atoms with E-state index in [0.29, 0.717) is 25.6 Å². The Kier molecular flexibility index (Phi) is 4.04. The minimum absolute atomic E-state index is 0.169. The number of nitrogens with zero attached hydrogens (tertiary/aromatic N) is 1. The molecule has 104 valence electrons. The predicted octanol–water partition coefficient (Wildman–Crippen LogP) is 1.10. The molecule has 19 heavy (non-hydrogen) atoms. The van der Waals surface area contributed by atoms with Crippen LogP contribution in [0.3, 0.4) is 0 Å². The molecule has 1 amide bonds. The average molecular weight is 264 g/mol. The Labute approximate surface area is 112 Å². The van der Waals surface area contributed by atoms with Crippen molar-refractivity contribution in [3.63, 3.8) is 0 Å². The second-order valence-corrected chi connectivity index (χ2v) is 5.20. The topological polar surface area (TPSA) is 62.4 Å². The van der Waals surface area contributed by atoms with Crippen LogP contribution >= 0.6 is 0 Å². The van der Waals surface area contributed by atoms with Crippen molar-refractivity contribution in [2.24, 2.45) is 5.92 Å². The molecule has 2 heterocycles. The lowest BCUT2D eigenvalue weighted by Crippen LogP contribution is -2.34. The largest absolute Gasteiger partial charge is 0.384 e. The number of H-pyrrole nitrogens is 1. The highest BCUT2D eigenvalue weighted by molar-refractivity contribution is 5.95. The Bertz CT molecular complexity index is 536. The number of aryl methyl sites for hydroxylation is 2. The van der Waals surface area contributed by atoms with Crippen LogP contribution in [-0.2, 0) is 4.74 Å². The number of carbonyl (C=O) groups is 1. The molecule has 1 aromatic rings. The molecule has 1 unspecified atom stereocenters. The molecule has 0 aromatic carbocycles. The number of likely N-dealkylation sites (tertiary alicyclic amines) is 1. The van der Waals surface area contributed by atoms with E-state index in [9.17, 15) is 9.59 Å². The van der Waals surface area contributed by atoms with Crippen LogP contribution in [0.4, 0.5) is 0 Å². The molecule has 1 N–H and O–H groups in total. The van der Waals surface area contributed by atoms with Crippen molar-refractivity contribution in [1.29, 1.82) is 0 Å². The predicted molar refractivity (Wildman–Crippen MR) is 72.4 cm³/mol. The van der Waals surface area contributed by atoms with Crippen molar-refractivity contribution in [1.82, 2.24) is 9.88 Å². The van der Waals surface area contributed by atoms with Crippen LogP contribution < -0.4 is 5.56 Å². The zero-order valence-electron chi connectivity index (χ0n) is 11.7. The van der Waals surface area contributed by atoms with Crippen molar-refractivity contribution in [3.8, 4) is 0 Å². The van der Waals surface area contributed by atoms with Gasteiger partial charge in [-0.3, -0.25) is 9.59 Å². The van der Waals surface area contributed by atoms with Gasteiger partial charge in [-0.1, -0.05) is 0 Å². The molecule has 0 saturated carbocycles. The Morgan fingerprint density at radius 2 is 2.26 bits per heavy atom. The molecule has 1 aliphatic rings. The van der Waals surface area contributed by atoms with E-state index in [1.165, 1.54) is 0 Å². The van der Waals surface area contributed by atoms with Crippen molar-refractivity contribution >= 4 is 5.91 Å². The fourth-order valence-electron chi connectivity index (χ4n) is 2.67. The maximum atomic E-state index is 12.4. The van der Waals surface area contributed by atoms with E-state index in [4.69, 9.17) is 4.74 Å². The summed E-state index contributed by atoms with van der Waals surface area (Å²) in [5.41, 5.74) is 1.49. The van der Waals surface area contributed by atoms with Crippen LogP contribution in [0.15, 0.2) is 10.9 Å². The minimum Gasteiger partial charge on any atom is -0.384 e. The van der Waals surface area contributed by atoms with Crippen molar-refractivity contribution in [3.05, 3.63) is 33.2 Å². The van der Waals surface area contributed by atoms with Gasteiger partial charge >= 0.3 is 0 Å². The number of carbonyl (C=O) groups excluding carboxylic acids is 1. The number of pyridine rings is 1. The van der Waals surface area contributed by atoms with Gasteiger partial charge in [-0.15, -0.1) is 0 Å². The van der Waals surface area contributed by atoms with E-state index in [2.05, 4.69) is 4.98 Å². The molecule has 5 nitrogen and oxygen atoms in total. The highest BCUT2D eigenvalue weighted by atomic mass is 16.5. The maximum absolute atomic E-state index is 12.4. The van der Waals surface area contributed by atoms with Gasteiger partial charge in [0.2, 0.25) is 0 Å². The molecule has 1 aliphatic heterocycles. The van der Waals surface area contributed by atoms with Crippen LogP contribution in [0.5, 0.6) is 0 Å². The van der Waals surface area contributed by atoms with Gasteiger partial charge in [-0.25, -0.2) is 0 Å². The third kappa shape index (κ3) is 2.87. The Morgan fingerprint density at radius 1 is 1.53 bits per heavy atom. The van der Waals surface area contributed by atoms with Gasteiger partial charge in [0.25, 0.3) is 11.5 Å².